The third kappa shape index (κ3) is 3.65. The van der Waals surface area contributed by atoms with Gasteiger partial charge in [-0.1, -0.05) is 5.16 Å². The highest BCUT2D eigenvalue weighted by Gasteiger charge is 2.14. The summed E-state index contributed by atoms with van der Waals surface area (Å²) in [6.07, 6.45) is 3.34. The number of aryl methyl sites for hydroxylation is 2. The number of aromatic nitrogens is 2. The number of benzene rings is 1. The molecule has 0 amide bonds. The highest BCUT2D eigenvalue weighted by atomic mass is 16.5. The molecule has 27 heavy (non-hydrogen) atoms. The summed E-state index contributed by atoms with van der Waals surface area (Å²) in [7, 11) is 3.10. The lowest BCUT2D eigenvalue weighted by Crippen LogP contribution is -2.00. The maximum Gasteiger partial charge on any atom is 0.189 e. The molecule has 0 atom stereocenters. The maximum atomic E-state index is 12.7. The van der Waals surface area contributed by atoms with Gasteiger partial charge in [0.05, 0.1) is 19.8 Å². The molecule has 3 rings (SSSR count). The van der Waals surface area contributed by atoms with E-state index in [-0.39, 0.29) is 5.78 Å². The summed E-state index contributed by atoms with van der Waals surface area (Å²) in [5.74, 6) is 2.42. The second kappa shape index (κ2) is 7.53. The third-order valence-corrected chi connectivity index (χ3v) is 4.40. The van der Waals surface area contributed by atoms with Gasteiger partial charge in [-0.2, -0.15) is 0 Å². The van der Waals surface area contributed by atoms with Gasteiger partial charge in [-0.05, 0) is 62.8 Å². The monoisotopic (exact) mass is 366 g/mol. The van der Waals surface area contributed by atoms with Crippen LogP contribution in [0, 0.1) is 20.8 Å². The highest BCUT2D eigenvalue weighted by molar-refractivity contribution is 6.09. The van der Waals surface area contributed by atoms with Gasteiger partial charge in [0.2, 0.25) is 0 Å². The van der Waals surface area contributed by atoms with Crippen LogP contribution in [-0.2, 0) is 0 Å². The van der Waals surface area contributed by atoms with Crippen LogP contribution < -0.4 is 9.47 Å². The first-order valence-electron chi connectivity index (χ1n) is 8.51. The van der Waals surface area contributed by atoms with Crippen molar-refractivity contribution < 1.29 is 18.8 Å². The number of carbonyl (C=O) groups is 1. The molecule has 1 aromatic carbocycles. The van der Waals surface area contributed by atoms with Crippen molar-refractivity contribution in [2.45, 2.75) is 20.8 Å². The van der Waals surface area contributed by atoms with Crippen molar-refractivity contribution in [1.82, 2.24) is 9.72 Å². The zero-order valence-corrected chi connectivity index (χ0v) is 16.1. The van der Waals surface area contributed by atoms with E-state index in [2.05, 4.69) is 5.16 Å². The standard InChI is InChI=1S/C21H22N2O4/c1-13-10-16(15(3)23(13)21-11-14(2)27-22-21)6-8-19(24)18-12-17(25-4)7-9-20(18)26-5/h6-12H,1-5H3/b8-6+. The van der Waals surface area contributed by atoms with Crippen LogP contribution in [0.1, 0.15) is 33.1 Å². The SMILES string of the molecule is COc1ccc(OC)c(C(=O)/C=C/c2cc(C)n(-c3cc(C)on3)c2C)c1. The molecule has 0 aliphatic heterocycles. The summed E-state index contributed by atoms with van der Waals surface area (Å²) in [5, 5.41) is 4.07. The van der Waals surface area contributed by atoms with Crippen molar-refractivity contribution in [1.29, 1.82) is 0 Å². The van der Waals surface area contributed by atoms with E-state index in [9.17, 15) is 4.79 Å². The van der Waals surface area contributed by atoms with E-state index in [1.807, 2.05) is 37.5 Å². The Morgan fingerprint density at radius 3 is 2.52 bits per heavy atom. The van der Waals surface area contributed by atoms with Crippen LogP contribution in [0.15, 0.2) is 40.9 Å². The molecule has 2 aromatic heterocycles. The number of rotatable bonds is 6. The Morgan fingerprint density at radius 2 is 1.89 bits per heavy atom. The van der Waals surface area contributed by atoms with Crippen molar-refractivity contribution in [3.05, 3.63) is 64.7 Å². The van der Waals surface area contributed by atoms with Crippen LogP contribution in [0.5, 0.6) is 11.5 Å². The van der Waals surface area contributed by atoms with E-state index in [0.717, 1.165) is 28.5 Å². The average molecular weight is 366 g/mol. The summed E-state index contributed by atoms with van der Waals surface area (Å²) in [5.41, 5.74) is 3.37. The van der Waals surface area contributed by atoms with Crippen molar-refractivity contribution in [3.8, 4) is 17.3 Å². The molecule has 140 valence electrons. The fraction of sp³-hybridized carbons (Fsp3) is 0.238. The van der Waals surface area contributed by atoms with Gasteiger partial charge in [0.15, 0.2) is 11.6 Å². The summed E-state index contributed by atoms with van der Waals surface area (Å²) in [4.78, 5) is 12.7. The minimum absolute atomic E-state index is 0.159. The van der Waals surface area contributed by atoms with Crippen LogP contribution in [-0.4, -0.2) is 29.7 Å². The molecule has 0 fully saturated rings. The molecular formula is C21H22N2O4. The molecular weight excluding hydrogens is 344 g/mol. The first kappa shape index (κ1) is 18.5. The highest BCUT2D eigenvalue weighted by Crippen LogP contribution is 2.26. The molecule has 0 radical (unpaired) electrons. The summed E-state index contributed by atoms with van der Waals surface area (Å²) in [6, 6.07) is 9.03. The number of hydrogen-bond donors (Lipinski definition) is 0. The zero-order chi connectivity index (χ0) is 19.6. The number of carbonyl (C=O) groups excluding carboxylic acids is 1. The molecule has 2 heterocycles. The van der Waals surface area contributed by atoms with Crippen LogP contribution in [0.4, 0.5) is 0 Å². The van der Waals surface area contributed by atoms with Crippen molar-refractivity contribution in [2.75, 3.05) is 14.2 Å². The molecule has 0 unspecified atom stereocenters. The van der Waals surface area contributed by atoms with E-state index in [0.29, 0.717) is 17.1 Å². The molecule has 6 nitrogen and oxygen atoms in total. The Kier molecular flexibility index (Phi) is 5.16. The van der Waals surface area contributed by atoms with Gasteiger partial charge < -0.3 is 14.0 Å². The van der Waals surface area contributed by atoms with E-state index < -0.39 is 0 Å². The Morgan fingerprint density at radius 1 is 1.11 bits per heavy atom. The van der Waals surface area contributed by atoms with E-state index >= 15 is 0 Å². The minimum Gasteiger partial charge on any atom is -0.497 e. The van der Waals surface area contributed by atoms with Gasteiger partial charge in [-0.15, -0.1) is 0 Å². The van der Waals surface area contributed by atoms with Gasteiger partial charge in [0.1, 0.15) is 17.3 Å². The number of ether oxygens (including phenoxy) is 2. The predicted molar refractivity (Wildman–Crippen MR) is 103 cm³/mol. The normalized spacial score (nSPS) is 11.1. The molecule has 0 saturated carbocycles. The molecule has 0 bridgehead atoms. The first-order valence-corrected chi connectivity index (χ1v) is 8.51. The Bertz CT molecular complexity index is 1010. The summed E-state index contributed by atoms with van der Waals surface area (Å²) < 4.78 is 17.7. The Balaban J connectivity index is 1.92. The van der Waals surface area contributed by atoms with Crippen molar-refractivity contribution >= 4 is 11.9 Å². The van der Waals surface area contributed by atoms with Crippen LogP contribution in [0.2, 0.25) is 0 Å². The Labute approximate surface area is 158 Å². The molecule has 3 aromatic rings. The summed E-state index contributed by atoms with van der Waals surface area (Å²) >= 11 is 0. The second-order valence-electron chi connectivity index (χ2n) is 6.22. The van der Waals surface area contributed by atoms with Crippen LogP contribution in [0.25, 0.3) is 11.9 Å². The molecule has 0 aliphatic carbocycles. The lowest BCUT2D eigenvalue weighted by molar-refractivity contribution is 0.104. The summed E-state index contributed by atoms with van der Waals surface area (Å²) in [6.45, 7) is 5.82. The van der Waals surface area contributed by atoms with Crippen LogP contribution in [0.3, 0.4) is 0 Å². The van der Waals surface area contributed by atoms with E-state index in [1.165, 1.54) is 13.2 Å². The quantitative estimate of drug-likeness (QED) is 0.480. The van der Waals surface area contributed by atoms with E-state index in [1.54, 1.807) is 31.4 Å². The predicted octanol–water partition coefficient (Wildman–Crippen LogP) is 4.30. The fourth-order valence-corrected chi connectivity index (χ4v) is 3.03. The largest absolute Gasteiger partial charge is 0.497 e. The molecule has 0 spiro atoms. The molecule has 0 aliphatic rings. The van der Waals surface area contributed by atoms with Gasteiger partial charge in [0.25, 0.3) is 0 Å². The second-order valence-corrected chi connectivity index (χ2v) is 6.22. The lowest BCUT2D eigenvalue weighted by atomic mass is 10.1. The lowest BCUT2D eigenvalue weighted by Gasteiger charge is -2.08. The van der Waals surface area contributed by atoms with Crippen molar-refractivity contribution in [2.24, 2.45) is 0 Å². The van der Waals surface area contributed by atoms with Crippen molar-refractivity contribution in [3.63, 3.8) is 0 Å². The smallest absolute Gasteiger partial charge is 0.189 e. The van der Waals surface area contributed by atoms with Crippen LogP contribution >= 0.6 is 0 Å². The number of nitrogens with zero attached hydrogens (tertiary/aromatic N) is 2. The third-order valence-electron chi connectivity index (χ3n) is 4.40. The fourth-order valence-electron chi connectivity index (χ4n) is 3.03. The topological polar surface area (TPSA) is 66.5 Å². The average Bonchev–Trinajstić information content (AvgIpc) is 3.21. The number of ketones is 1. The number of methoxy groups -OCH3 is 2. The first-order chi connectivity index (χ1) is 12.9. The molecule has 6 heteroatoms. The van der Waals surface area contributed by atoms with E-state index in [4.69, 9.17) is 14.0 Å². The zero-order valence-electron chi connectivity index (χ0n) is 16.1. The minimum atomic E-state index is -0.159. The Hall–Kier alpha value is -3.28. The van der Waals surface area contributed by atoms with Gasteiger partial charge in [-0.25, -0.2) is 0 Å². The maximum absolute atomic E-state index is 12.7. The van der Waals surface area contributed by atoms with Gasteiger partial charge >= 0.3 is 0 Å². The number of hydrogen-bond acceptors (Lipinski definition) is 5. The van der Waals surface area contributed by atoms with Gasteiger partial charge in [0, 0.05) is 17.5 Å². The number of allylic oxidation sites excluding steroid dienone is 1. The van der Waals surface area contributed by atoms with Gasteiger partial charge in [-0.3, -0.25) is 9.36 Å². The molecule has 0 saturated heterocycles. The molecule has 0 N–H and O–H groups in total.